The summed E-state index contributed by atoms with van der Waals surface area (Å²) in [4.78, 5) is 5.72. The molecular weight excluding hydrogens is 298 g/mol. The molecule has 2 rings (SSSR count). The Morgan fingerprint density at radius 3 is 3.00 bits per heavy atom. The van der Waals surface area contributed by atoms with Gasteiger partial charge in [-0.2, -0.15) is 0 Å². The first-order valence-electron chi connectivity index (χ1n) is 5.60. The smallest absolute Gasteiger partial charge is 0.0953 e. The molecule has 0 spiro atoms. The maximum atomic E-state index is 4.38. The molecule has 0 unspecified atom stereocenters. The Labute approximate surface area is 114 Å². The lowest BCUT2D eigenvalue weighted by atomic mass is 10.3. The zero-order valence-corrected chi connectivity index (χ0v) is 12.4. The molecule has 0 amide bonds. The van der Waals surface area contributed by atoms with E-state index in [1.54, 1.807) is 11.3 Å². The van der Waals surface area contributed by atoms with Crippen molar-refractivity contribution >= 4 is 27.3 Å². The van der Waals surface area contributed by atoms with Crippen molar-refractivity contribution in [3.05, 3.63) is 39.0 Å². The van der Waals surface area contributed by atoms with Crippen LogP contribution in [0.4, 0.5) is 0 Å². The zero-order valence-electron chi connectivity index (χ0n) is 9.98. The van der Waals surface area contributed by atoms with Gasteiger partial charge >= 0.3 is 0 Å². The molecule has 0 aromatic carbocycles. The van der Waals surface area contributed by atoms with Crippen LogP contribution in [0.5, 0.6) is 0 Å². The molecule has 0 saturated carbocycles. The van der Waals surface area contributed by atoms with Crippen LogP contribution in [0.25, 0.3) is 0 Å². The van der Waals surface area contributed by atoms with Gasteiger partial charge in [-0.15, -0.1) is 11.3 Å². The molecule has 0 aliphatic heterocycles. The van der Waals surface area contributed by atoms with Gasteiger partial charge in [-0.05, 0) is 22.0 Å². The predicted molar refractivity (Wildman–Crippen MR) is 75.3 cm³/mol. The van der Waals surface area contributed by atoms with Gasteiger partial charge in [0.25, 0.3) is 0 Å². The number of rotatable bonds is 5. The lowest BCUT2D eigenvalue weighted by Crippen LogP contribution is -2.21. The summed E-state index contributed by atoms with van der Waals surface area (Å²) in [6, 6.07) is 2.64. The van der Waals surface area contributed by atoms with Crippen molar-refractivity contribution in [1.82, 2.24) is 14.9 Å². The Balaban J connectivity index is 1.94. The van der Waals surface area contributed by atoms with Crippen LogP contribution < -0.4 is 5.32 Å². The topological polar surface area (TPSA) is 29.9 Å². The zero-order chi connectivity index (χ0) is 12.3. The molecule has 2 aromatic rings. The Morgan fingerprint density at radius 1 is 1.53 bits per heavy atom. The van der Waals surface area contributed by atoms with Crippen LogP contribution in [0.3, 0.4) is 0 Å². The first-order valence-corrected chi connectivity index (χ1v) is 7.27. The second-order valence-electron chi connectivity index (χ2n) is 4.30. The highest BCUT2D eigenvalue weighted by atomic mass is 79.9. The second-order valence-corrected chi connectivity index (χ2v) is 6.22. The highest BCUT2D eigenvalue weighted by molar-refractivity contribution is 9.10. The lowest BCUT2D eigenvalue weighted by molar-refractivity contribution is 0.582. The van der Waals surface area contributed by atoms with Gasteiger partial charge in [-0.25, -0.2) is 4.98 Å². The van der Waals surface area contributed by atoms with E-state index in [1.807, 2.05) is 6.33 Å². The molecule has 1 N–H and O–H groups in total. The van der Waals surface area contributed by atoms with E-state index in [9.17, 15) is 0 Å². The van der Waals surface area contributed by atoms with Crippen LogP contribution in [0.2, 0.25) is 0 Å². The van der Waals surface area contributed by atoms with Crippen LogP contribution in [0.15, 0.2) is 28.4 Å². The normalized spacial score (nSPS) is 11.3. The minimum absolute atomic E-state index is 0.494. The Bertz CT molecular complexity index is 476. The van der Waals surface area contributed by atoms with Gasteiger partial charge in [-0.1, -0.05) is 13.8 Å². The number of halogens is 1. The van der Waals surface area contributed by atoms with E-state index < -0.39 is 0 Å². The molecule has 92 valence electrons. The summed E-state index contributed by atoms with van der Waals surface area (Å²) in [7, 11) is 0. The van der Waals surface area contributed by atoms with Crippen molar-refractivity contribution in [2.45, 2.75) is 33.0 Å². The van der Waals surface area contributed by atoms with E-state index in [1.165, 1.54) is 4.88 Å². The number of imidazole rings is 1. The standard InChI is InChI=1S/C12H16BrN3S/c1-9(2)14-4-11-5-16(8-15-11)6-12-3-10(13)7-17-12/h3,5,7-9,14H,4,6H2,1-2H3. The molecule has 0 fully saturated rings. The average molecular weight is 314 g/mol. The molecule has 0 bridgehead atoms. The van der Waals surface area contributed by atoms with E-state index in [0.29, 0.717) is 6.04 Å². The van der Waals surface area contributed by atoms with Crippen molar-refractivity contribution in [3.8, 4) is 0 Å². The number of thiophene rings is 1. The van der Waals surface area contributed by atoms with Crippen LogP contribution in [0.1, 0.15) is 24.4 Å². The van der Waals surface area contributed by atoms with Gasteiger partial charge in [-0.3, -0.25) is 0 Å². The minimum Gasteiger partial charge on any atom is -0.332 e. The predicted octanol–water partition coefficient (Wildman–Crippen LogP) is 3.25. The first-order chi connectivity index (χ1) is 8.13. The highest BCUT2D eigenvalue weighted by Crippen LogP contribution is 2.20. The number of nitrogens with zero attached hydrogens (tertiary/aromatic N) is 2. The van der Waals surface area contributed by atoms with Crippen LogP contribution in [-0.2, 0) is 13.1 Å². The maximum absolute atomic E-state index is 4.38. The van der Waals surface area contributed by atoms with Crippen LogP contribution in [0, 0.1) is 0 Å². The molecule has 0 atom stereocenters. The summed E-state index contributed by atoms with van der Waals surface area (Å²) in [5.74, 6) is 0. The van der Waals surface area contributed by atoms with Crippen molar-refractivity contribution < 1.29 is 0 Å². The van der Waals surface area contributed by atoms with Crippen LogP contribution >= 0.6 is 27.3 Å². The van der Waals surface area contributed by atoms with E-state index in [0.717, 1.165) is 23.3 Å². The minimum atomic E-state index is 0.494. The molecule has 3 nitrogen and oxygen atoms in total. The molecule has 0 aliphatic carbocycles. The molecule has 2 heterocycles. The first kappa shape index (κ1) is 12.8. The van der Waals surface area contributed by atoms with Gasteiger partial charge in [0, 0.05) is 33.5 Å². The van der Waals surface area contributed by atoms with Gasteiger partial charge in [0.2, 0.25) is 0 Å². The van der Waals surface area contributed by atoms with Crippen molar-refractivity contribution in [2.24, 2.45) is 0 Å². The average Bonchev–Trinajstić information content (AvgIpc) is 2.86. The summed E-state index contributed by atoms with van der Waals surface area (Å²) in [5.41, 5.74) is 1.09. The number of nitrogens with one attached hydrogen (secondary N) is 1. The summed E-state index contributed by atoms with van der Waals surface area (Å²) >= 11 is 5.23. The number of aromatic nitrogens is 2. The molecule has 0 aliphatic rings. The van der Waals surface area contributed by atoms with Crippen molar-refractivity contribution in [2.75, 3.05) is 0 Å². The molecule has 5 heteroatoms. The molecule has 17 heavy (non-hydrogen) atoms. The van der Waals surface area contributed by atoms with Gasteiger partial charge < -0.3 is 9.88 Å². The summed E-state index contributed by atoms with van der Waals surface area (Å²) in [5, 5.41) is 5.47. The molecule has 0 saturated heterocycles. The quantitative estimate of drug-likeness (QED) is 0.918. The van der Waals surface area contributed by atoms with Gasteiger partial charge in [0.1, 0.15) is 0 Å². The van der Waals surface area contributed by atoms with Crippen LogP contribution in [-0.4, -0.2) is 15.6 Å². The fourth-order valence-electron chi connectivity index (χ4n) is 1.51. The Hall–Kier alpha value is -0.650. The monoisotopic (exact) mass is 313 g/mol. The SMILES string of the molecule is CC(C)NCc1cn(Cc2cc(Br)cs2)cn1. The fraction of sp³-hybridized carbons (Fsp3) is 0.417. The third-order valence-electron chi connectivity index (χ3n) is 2.34. The van der Waals surface area contributed by atoms with E-state index in [-0.39, 0.29) is 0 Å². The van der Waals surface area contributed by atoms with Crippen molar-refractivity contribution in [1.29, 1.82) is 0 Å². The second kappa shape index (κ2) is 5.80. The molecular formula is C12H16BrN3S. The third kappa shape index (κ3) is 3.94. The molecule has 2 aromatic heterocycles. The van der Waals surface area contributed by atoms with E-state index in [4.69, 9.17) is 0 Å². The third-order valence-corrected chi connectivity index (χ3v) is 4.02. The maximum Gasteiger partial charge on any atom is 0.0953 e. The van der Waals surface area contributed by atoms with Crippen molar-refractivity contribution in [3.63, 3.8) is 0 Å². The largest absolute Gasteiger partial charge is 0.332 e. The van der Waals surface area contributed by atoms with E-state index in [2.05, 4.69) is 62.3 Å². The lowest BCUT2D eigenvalue weighted by Gasteiger charge is -2.04. The summed E-state index contributed by atoms with van der Waals surface area (Å²) in [6.07, 6.45) is 3.99. The fourth-order valence-corrected chi connectivity index (χ4v) is 2.97. The van der Waals surface area contributed by atoms with E-state index >= 15 is 0 Å². The summed E-state index contributed by atoms with van der Waals surface area (Å²) in [6.45, 7) is 6.00. The highest BCUT2D eigenvalue weighted by Gasteiger charge is 2.02. The van der Waals surface area contributed by atoms with Gasteiger partial charge in [0.15, 0.2) is 0 Å². The summed E-state index contributed by atoms with van der Waals surface area (Å²) < 4.78 is 3.27. The molecule has 0 radical (unpaired) electrons. The number of hydrogen-bond acceptors (Lipinski definition) is 3. The Kier molecular flexibility index (Phi) is 4.36. The number of hydrogen-bond donors (Lipinski definition) is 1. The Morgan fingerprint density at radius 2 is 2.35 bits per heavy atom. The van der Waals surface area contributed by atoms with Gasteiger partial charge in [0.05, 0.1) is 18.6 Å².